The van der Waals surface area contributed by atoms with Crippen LogP contribution in [0.2, 0.25) is 0 Å². The minimum Gasteiger partial charge on any atom is -0.346 e. The Morgan fingerprint density at radius 3 is 2.44 bits per heavy atom. The van der Waals surface area contributed by atoms with Crippen LogP contribution in [-0.2, 0) is 9.59 Å². The summed E-state index contributed by atoms with van der Waals surface area (Å²) >= 11 is 0. The van der Waals surface area contributed by atoms with Crippen LogP contribution in [0.4, 0.5) is 5.69 Å². The molecular formula is C20H31N3O2. The fourth-order valence-electron chi connectivity index (χ4n) is 3.37. The largest absolute Gasteiger partial charge is 0.346 e. The van der Waals surface area contributed by atoms with Crippen molar-refractivity contribution in [1.82, 2.24) is 10.2 Å². The van der Waals surface area contributed by atoms with Crippen LogP contribution in [0, 0.1) is 13.8 Å². The third-order valence-corrected chi connectivity index (χ3v) is 5.17. The molecule has 0 atom stereocenters. The van der Waals surface area contributed by atoms with Crippen molar-refractivity contribution in [2.24, 2.45) is 0 Å². The fraction of sp³-hybridized carbons (Fsp3) is 0.600. The number of likely N-dealkylation sites (N-methyl/N-ethyl adjacent to an activating group) is 1. The summed E-state index contributed by atoms with van der Waals surface area (Å²) in [6, 6.07) is 6.29. The van der Waals surface area contributed by atoms with Gasteiger partial charge in [0.2, 0.25) is 11.8 Å². The Kier molecular flexibility index (Phi) is 7.44. The highest BCUT2D eigenvalue weighted by Gasteiger charge is 2.19. The van der Waals surface area contributed by atoms with E-state index >= 15 is 0 Å². The fourth-order valence-corrected chi connectivity index (χ4v) is 3.37. The lowest BCUT2D eigenvalue weighted by atomic mass is 10.1. The number of hydrogen-bond acceptors (Lipinski definition) is 3. The molecule has 1 fully saturated rings. The molecule has 0 saturated heterocycles. The molecular weight excluding hydrogens is 314 g/mol. The molecule has 2 rings (SSSR count). The highest BCUT2D eigenvalue weighted by molar-refractivity contribution is 5.95. The van der Waals surface area contributed by atoms with Crippen LogP contribution >= 0.6 is 0 Å². The van der Waals surface area contributed by atoms with E-state index in [1.165, 1.54) is 25.7 Å². The van der Waals surface area contributed by atoms with Gasteiger partial charge < -0.3 is 10.6 Å². The molecule has 0 heterocycles. The van der Waals surface area contributed by atoms with Gasteiger partial charge in [0.15, 0.2) is 0 Å². The predicted octanol–water partition coefficient (Wildman–Crippen LogP) is 3.01. The number of nitrogens with zero attached hydrogens (tertiary/aromatic N) is 1. The molecule has 0 unspecified atom stereocenters. The van der Waals surface area contributed by atoms with Crippen LogP contribution in [0.25, 0.3) is 0 Å². The van der Waals surface area contributed by atoms with Crippen molar-refractivity contribution in [3.8, 4) is 0 Å². The highest BCUT2D eigenvalue weighted by Crippen LogP contribution is 2.20. The Morgan fingerprint density at radius 2 is 1.76 bits per heavy atom. The maximum Gasteiger partial charge on any atom is 0.243 e. The average Bonchev–Trinajstić information content (AvgIpc) is 2.86. The van der Waals surface area contributed by atoms with Gasteiger partial charge in [-0.1, -0.05) is 37.8 Å². The number of amides is 2. The summed E-state index contributed by atoms with van der Waals surface area (Å²) in [7, 11) is 2.01. The van der Waals surface area contributed by atoms with E-state index in [0.29, 0.717) is 12.6 Å². The van der Waals surface area contributed by atoms with E-state index < -0.39 is 0 Å². The molecule has 138 valence electrons. The van der Waals surface area contributed by atoms with Gasteiger partial charge in [0.25, 0.3) is 0 Å². The van der Waals surface area contributed by atoms with Crippen molar-refractivity contribution in [1.29, 1.82) is 0 Å². The number of carbonyl (C=O) groups excluding carboxylic acids is 2. The van der Waals surface area contributed by atoms with Crippen LogP contribution in [-0.4, -0.2) is 42.9 Å². The molecule has 5 nitrogen and oxygen atoms in total. The highest BCUT2D eigenvalue weighted by atomic mass is 16.2. The maximum absolute atomic E-state index is 12.1. The van der Waals surface area contributed by atoms with Crippen LogP contribution < -0.4 is 10.6 Å². The smallest absolute Gasteiger partial charge is 0.243 e. The molecule has 2 amide bonds. The van der Waals surface area contributed by atoms with Gasteiger partial charge in [0.05, 0.1) is 13.1 Å². The number of benzene rings is 1. The topological polar surface area (TPSA) is 61.4 Å². The lowest BCUT2D eigenvalue weighted by Gasteiger charge is -2.26. The standard InChI is InChI=1S/C20H31N3O2/c1-15-9-8-12-18(16(15)2)22-19(24)13-21-20(25)14-23(3)17-10-6-4-5-7-11-17/h8-9,12,17H,4-7,10-11,13-14H2,1-3H3,(H,21,25)(H,22,24). The number of nitrogens with one attached hydrogen (secondary N) is 2. The second-order valence-electron chi connectivity index (χ2n) is 7.13. The zero-order chi connectivity index (χ0) is 18.2. The minimum atomic E-state index is -0.195. The Balaban J connectivity index is 1.75. The molecule has 1 saturated carbocycles. The van der Waals surface area contributed by atoms with E-state index in [0.717, 1.165) is 29.7 Å². The predicted molar refractivity (Wildman–Crippen MR) is 102 cm³/mol. The summed E-state index contributed by atoms with van der Waals surface area (Å²) in [5.41, 5.74) is 2.98. The van der Waals surface area contributed by atoms with Crippen molar-refractivity contribution >= 4 is 17.5 Å². The molecule has 1 aromatic carbocycles. The van der Waals surface area contributed by atoms with E-state index in [4.69, 9.17) is 0 Å². The van der Waals surface area contributed by atoms with Gasteiger partial charge >= 0.3 is 0 Å². The van der Waals surface area contributed by atoms with Crippen molar-refractivity contribution in [2.45, 2.75) is 58.4 Å². The first-order valence-corrected chi connectivity index (χ1v) is 9.30. The third kappa shape index (κ3) is 6.16. The zero-order valence-corrected chi connectivity index (χ0v) is 15.7. The molecule has 1 aliphatic rings. The number of hydrogen-bond donors (Lipinski definition) is 2. The van der Waals surface area contributed by atoms with Crippen molar-refractivity contribution < 1.29 is 9.59 Å². The van der Waals surface area contributed by atoms with E-state index in [1.807, 2.05) is 39.1 Å². The Hall–Kier alpha value is -1.88. The molecule has 1 aromatic rings. The van der Waals surface area contributed by atoms with Crippen molar-refractivity contribution in [3.05, 3.63) is 29.3 Å². The van der Waals surface area contributed by atoms with Gasteiger partial charge in [-0.2, -0.15) is 0 Å². The molecule has 0 aliphatic heterocycles. The van der Waals surface area contributed by atoms with Crippen molar-refractivity contribution in [2.75, 3.05) is 25.5 Å². The Bertz CT molecular complexity index is 593. The lowest BCUT2D eigenvalue weighted by Crippen LogP contribution is -2.42. The van der Waals surface area contributed by atoms with Gasteiger partial charge in [0, 0.05) is 11.7 Å². The van der Waals surface area contributed by atoms with Crippen LogP contribution in [0.3, 0.4) is 0 Å². The molecule has 25 heavy (non-hydrogen) atoms. The summed E-state index contributed by atoms with van der Waals surface area (Å²) in [5, 5.41) is 5.59. The van der Waals surface area contributed by atoms with E-state index in [1.54, 1.807) is 0 Å². The second-order valence-corrected chi connectivity index (χ2v) is 7.13. The summed E-state index contributed by atoms with van der Waals surface area (Å²) in [6.45, 7) is 4.34. The molecule has 0 spiro atoms. The monoisotopic (exact) mass is 345 g/mol. The normalized spacial score (nSPS) is 15.7. The maximum atomic E-state index is 12.1. The van der Waals surface area contributed by atoms with Crippen LogP contribution in [0.15, 0.2) is 18.2 Å². The first kappa shape index (κ1) is 19.4. The first-order valence-electron chi connectivity index (χ1n) is 9.30. The zero-order valence-electron chi connectivity index (χ0n) is 15.7. The van der Waals surface area contributed by atoms with E-state index in [-0.39, 0.29) is 18.4 Å². The minimum absolute atomic E-state index is 0.00468. The quantitative estimate of drug-likeness (QED) is 0.779. The summed E-state index contributed by atoms with van der Waals surface area (Å²) in [4.78, 5) is 26.3. The van der Waals surface area contributed by atoms with Gasteiger partial charge in [-0.05, 0) is 50.9 Å². The molecule has 0 radical (unpaired) electrons. The second kappa shape index (κ2) is 9.56. The van der Waals surface area contributed by atoms with Gasteiger partial charge in [-0.25, -0.2) is 0 Å². The number of carbonyl (C=O) groups is 2. The van der Waals surface area contributed by atoms with Crippen LogP contribution in [0.1, 0.15) is 49.7 Å². The molecule has 0 bridgehead atoms. The van der Waals surface area contributed by atoms with Crippen LogP contribution in [0.5, 0.6) is 0 Å². The average molecular weight is 345 g/mol. The van der Waals surface area contributed by atoms with E-state index in [2.05, 4.69) is 15.5 Å². The third-order valence-electron chi connectivity index (χ3n) is 5.17. The Morgan fingerprint density at radius 1 is 1.08 bits per heavy atom. The van der Waals surface area contributed by atoms with Gasteiger partial charge in [-0.15, -0.1) is 0 Å². The van der Waals surface area contributed by atoms with Crippen molar-refractivity contribution in [3.63, 3.8) is 0 Å². The molecule has 5 heteroatoms. The summed E-state index contributed by atoms with van der Waals surface area (Å²) < 4.78 is 0. The molecule has 0 aromatic heterocycles. The summed E-state index contributed by atoms with van der Waals surface area (Å²) in [5.74, 6) is -0.290. The Labute approximate surface area is 151 Å². The van der Waals surface area contributed by atoms with Gasteiger partial charge in [0.1, 0.15) is 0 Å². The van der Waals surface area contributed by atoms with Gasteiger partial charge in [-0.3, -0.25) is 14.5 Å². The van der Waals surface area contributed by atoms with E-state index in [9.17, 15) is 9.59 Å². The molecule has 1 aliphatic carbocycles. The summed E-state index contributed by atoms with van der Waals surface area (Å²) in [6.07, 6.45) is 7.42. The molecule has 2 N–H and O–H groups in total. The lowest BCUT2D eigenvalue weighted by molar-refractivity contribution is -0.125. The number of rotatable bonds is 6. The first-order chi connectivity index (χ1) is 12.0. The number of anilines is 1. The number of aryl methyl sites for hydroxylation is 1. The SMILES string of the molecule is Cc1cccc(NC(=O)CNC(=O)CN(C)C2CCCCCC2)c1C.